The van der Waals surface area contributed by atoms with E-state index in [1.165, 1.54) is 28.7 Å². The fourth-order valence-electron chi connectivity index (χ4n) is 2.43. The number of hydrogen-bond acceptors (Lipinski definition) is 2. The van der Waals surface area contributed by atoms with Crippen molar-refractivity contribution in [1.82, 2.24) is 10.3 Å². The standard InChI is InChI=1S/C18H24N2/c1-4-10-20-15(3)12-16-5-7-17(8-6-16)18-9-11-19-13-14(18)2/h5-9,11,13,15,20H,4,10,12H2,1-3H3. The fraction of sp³-hybridized carbons (Fsp3) is 0.389. The zero-order chi connectivity index (χ0) is 14.4. The molecule has 0 aliphatic rings. The molecule has 2 rings (SSSR count). The third kappa shape index (κ3) is 3.91. The molecule has 0 saturated heterocycles. The van der Waals surface area contributed by atoms with Gasteiger partial charge in [-0.2, -0.15) is 0 Å². The van der Waals surface area contributed by atoms with E-state index in [-0.39, 0.29) is 0 Å². The van der Waals surface area contributed by atoms with Crippen LogP contribution in [0.5, 0.6) is 0 Å². The molecular weight excluding hydrogens is 244 g/mol. The number of nitrogens with zero attached hydrogens (tertiary/aromatic N) is 1. The van der Waals surface area contributed by atoms with Gasteiger partial charge in [-0.05, 0) is 61.6 Å². The lowest BCUT2D eigenvalue weighted by molar-refractivity contribution is 0.543. The Balaban J connectivity index is 2.05. The van der Waals surface area contributed by atoms with E-state index in [2.05, 4.69) is 61.4 Å². The third-order valence-electron chi connectivity index (χ3n) is 3.57. The summed E-state index contributed by atoms with van der Waals surface area (Å²) in [6, 6.07) is 11.5. The van der Waals surface area contributed by atoms with Gasteiger partial charge in [-0.1, -0.05) is 31.2 Å². The molecule has 0 amide bonds. The molecule has 2 aromatic rings. The summed E-state index contributed by atoms with van der Waals surface area (Å²) in [5, 5.41) is 3.53. The van der Waals surface area contributed by atoms with Gasteiger partial charge in [0.25, 0.3) is 0 Å². The number of pyridine rings is 1. The molecule has 106 valence electrons. The molecule has 0 bridgehead atoms. The second-order valence-corrected chi connectivity index (χ2v) is 5.45. The Labute approximate surface area is 122 Å². The molecule has 0 saturated carbocycles. The van der Waals surface area contributed by atoms with Crippen LogP contribution in [0.4, 0.5) is 0 Å². The van der Waals surface area contributed by atoms with E-state index < -0.39 is 0 Å². The molecule has 1 heterocycles. The van der Waals surface area contributed by atoms with Crippen LogP contribution in [0.2, 0.25) is 0 Å². The molecule has 2 nitrogen and oxygen atoms in total. The van der Waals surface area contributed by atoms with Crippen molar-refractivity contribution in [3.8, 4) is 11.1 Å². The number of hydrogen-bond donors (Lipinski definition) is 1. The number of aryl methyl sites for hydroxylation is 1. The highest BCUT2D eigenvalue weighted by Crippen LogP contribution is 2.22. The van der Waals surface area contributed by atoms with Crippen LogP contribution >= 0.6 is 0 Å². The summed E-state index contributed by atoms with van der Waals surface area (Å²) in [7, 11) is 0. The zero-order valence-electron chi connectivity index (χ0n) is 12.7. The fourth-order valence-corrected chi connectivity index (χ4v) is 2.43. The maximum absolute atomic E-state index is 4.15. The van der Waals surface area contributed by atoms with Gasteiger partial charge in [-0.15, -0.1) is 0 Å². The van der Waals surface area contributed by atoms with Crippen LogP contribution in [0.25, 0.3) is 11.1 Å². The second kappa shape index (κ2) is 7.20. The molecule has 0 aliphatic carbocycles. The average molecular weight is 268 g/mol. The van der Waals surface area contributed by atoms with Crippen molar-refractivity contribution >= 4 is 0 Å². The number of aromatic nitrogens is 1. The molecule has 0 spiro atoms. The third-order valence-corrected chi connectivity index (χ3v) is 3.57. The molecule has 1 atom stereocenters. The zero-order valence-corrected chi connectivity index (χ0v) is 12.7. The Kier molecular flexibility index (Phi) is 5.31. The van der Waals surface area contributed by atoms with Crippen LogP contribution in [0, 0.1) is 6.92 Å². The minimum Gasteiger partial charge on any atom is -0.314 e. The predicted octanol–water partition coefficient (Wildman–Crippen LogP) is 3.99. The van der Waals surface area contributed by atoms with Gasteiger partial charge in [-0.25, -0.2) is 0 Å². The number of rotatable bonds is 6. The van der Waals surface area contributed by atoms with Crippen molar-refractivity contribution in [1.29, 1.82) is 0 Å². The van der Waals surface area contributed by atoms with Gasteiger partial charge in [0.15, 0.2) is 0 Å². The van der Waals surface area contributed by atoms with Crippen LogP contribution in [0.3, 0.4) is 0 Å². The highest BCUT2D eigenvalue weighted by molar-refractivity contribution is 5.66. The highest BCUT2D eigenvalue weighted by atomic mass is 14.9. The summed E-state index contributed by atoms with van der Waals surface area (Å²) in [5.74, 6) is 0. The van der Waals surface area contributed by atoms with E-state index in [9.17, 15) is 0 Å². The van der Waals surface area contributed by atoms with Crippen molar-refractivity contribution in [2.75, 3.05) is 6.54 Å². The van der Waals surface area contributed by atoms with Gasteiger partial charge >= 0.3 is 0 Å². The van der Waals surface area contributed by atoms with E-state index in [4.69, 9.17) is 0 Å². The smallest absolute Gasteiger partial charge is 0.0303 e. The van der Waals surface area contributed by atoms with Crippen LogP contribution in [-0.4, -0.2) is 17.6 Å². The topological polar surface area (TPSA) is 24.9 Å². The second-order valence-electron chi connectivity index (χ2n) is 5.45. The Morgan fingerprint density at radius 2 is 1.90 bits per heavy atom. The van der Waals surface area contributed by atoms with Crippen molar-refractivity contribution < 1.29 is 0 Å². The van der Waals surface area contributed by atoms with Crippen LogP contribution < -0.4 is 5.32 Å². The Hall–Kier alpha value is -1.67. The van der Waals surface area contributed by atoms with Gasteiger partial charge in [0.1, 0.15) is 0 Å². The van der Waals surface area contributed by atoms with E-state index in [1.54, 1.807) is 0 Å². The van der Waals surface area contributed by atoms with Gasteiger partial charge in [-0.3, -0.25) is 4.98 Å². The Morgan fingerprint density at radius 3 is 2.55 bits per heavy atom. The lowest BCUT2D eigenvalue weighted by atomic mass is 9.99. The minimum absolute atomic E-state index is 0.531. The van der Waals surface area contributed by atoms with Gasteiger partial charge in [0, 0.05) is 18.4 Å². The first-order valence-corrected chi connectivity index (χ1v) is 7.44. The maximum Gasteiger partial charge on any atom is 0.0303 e. The summed E-state index contributed by atoms with van der Waals surface area (Å²) < 4.78 is 0. The molecular formula is C18H24N2. The lowest BCUT2D eigenvalue weighted by Crippen LogP contribution is -2.28. The summed E-state index contributed by atoms with van der Waals surface area (Å²) in [6.07, 6.45) is 6.03. The molecule has 20 heavy (non-hydrogen) atoms. The first-order valence-electron chi connectivity index (χ1n) is 7.44. The lowest BCUT2D eigenvalue weighted by Gasteiger charge is -2.13. The molecule has 1 unspecified atom stereocenters. The summed E-state index contributed by atoms with van der Waals surface area (Å²) in [4.78, 5) is 4.15. The van der Waals surface area contributed by atoms with E-state index >= 15 is 0 Å². The maximum atomic E-state index is 4.15. The largest absolute Gasteiger partial charge is 0.314 e. The number of benzene rings is 1. The first kappa shape index (κ1) is 14.7. The molecule has 1 aromatic heterocycles. The molecule has 0 fully saturated rings. The summed E-state index contributed by atoms with van der Waals surface area (Å²) >= 11 is 0. The molecule has 1 N–H and O–H groups in total. The van der Waals surface area contributed by atoms with Crippen molar-refractivity contribution in [3.05, 3.63) is 53.9 Å². The van der Waals surface area contributed by atoms with E-state index in [1.807, 2.05) is 12.4 Å². The van der Waals surface area contributed by atoms with Crippen molar-refractivity contribution in [2.45, 2.75) is 39.7 Å². The predicted molar refractivity (Wildman–Crippen MR) is 85.9 cm³/mol. The van der Waals surface area contributed by atoms with Crippen LogP contribution in [-0.2, 0) is 6.42 Å². The summed E-state index contributed by atoms with van der Waals surface area (Å²) in [5.41, 5.74) is 5.14. The number of nitrogens with one attached hydrogen (secondary N) is 1. The molecule has 0 radical (unpaired) electrons. The molecule has 1 aromatic carbocycles. The van der Waals surface area contributed by atoms with Gasteiger partial charge < -0.3 is 5.32 Å². The van der Waals surface area contributed by atoms with Crippen molar-refractivity contribution in [3.63, 3.8) is 0 Å². The molecule has 2 heteroatoms. The Morgan fingerprint density at radius 1 is 1.15 bits per heavy atom. The van der Waals surface area contributed by atoms with Crippen LogP contribution in [0.15, 0.2) is 42.7 Å². The van der Waals surface area contributed by atoms with E-state index in [0.717, 1.165) is 13.0 Å². The minimum atomic E-state index is 0.531. The molecule has 0 aliphatic heterocycles. The highest BCUT2D eigenvalue weighted by Gasteiger charge is 2.04. The summed E-state index contributed by atoms with van der Waals surface area (Å²) in [6.45, 7) is 7.64. The first-order chi connectivity index (χ1) is 9.70. The normalized spacial score (nSPS) is 12.3. The van der Waals surface area contributed by atoms with Crippen LogP contribution in [0.1, 0.15) is 31.4 Å². The van der Waals surface area contributed by atoms with E-state index in [0.29, 0.717) is 6.04 Å². The van der Waals surface area contributed by atoms with Gasteiger partial charge in [0.05, 0.1) is 0 Å². The Bertz CT molecular complexity index is 531. The average Bonchev–Trinajstić information content (AvgIpc) is 2.47. The van der Waals surface area contributed by atoms with Gasteiger partial charge in [0.2, 0.25) is 0 Å². The van der Waals surface area contributed by atoms with Crippen molar-refractivity contribution in [2.24, 2.45) is 0 Å². The monoisotopic (exact) mass is 268 g/mol. The SMILES string of the molecule is CCCNC(C)Cc1ccc(-c2ccncc2C)cc1. The quantitative estimate of drug-likeness (QED) is 0.857.